The molecule has 0 bridgehead atoms. The van der Waals surface area contributed by atoms with Crippen LogP contribution in [-0.2, 0) is 12.8 Å². The molecule has 0 spiro atoms. The number of aryl methyl sites for hydroxylation is 1. The highest BCUT2D eigenvalue weighted by Gasteiger charge is 2.15. The van der Waals surface area contributed by atoms with Gasteiger partial charge in [0.2, 0.25) is 11.7 Å². The van der Waals surface area contributed by atoms with Crippen molar-refractivity contribution in [1.29, 1.82) is 5.26 Å². The largest absolute Gasteiger partial charge is 0.418 e. The van der Waals surface area contributed by atoms with E-state index in [-0.39, 0.29) is 18.1 Å². The molecular formula is C19H14ClN3O2. The standard InChI is InChI=1S/C19H14ClN3O2/c20-16-7-4-13(5-8-16)6-9-17(24)19-23-22-18(25-19)11-14-2-1-3-15(10-14)12-21/h1-5,7-8,10H,6,9,11H2. The summed E-state index contributed by atoms with van der Waals surface area (Å²) < 4.78 is 5.45. The van der Waals surface area contributed by atoms with E-state index in [1.54, 1.807) is 30.3 Å². The molecular weight excluding hydrogens is 338 g/mol. The summed E-state index contributed by atoms with van der Waals surface area (Å²) in [7, 11) is 0. The normalized spacial score (nSPS) is 10.4. The fourth-order valence-corrected chi connectivity index (χ4v) is 2.51. The molecule has 0 saturated heterocycles. The van der Waals surface area contributed by atoms with Gasteiger partial charge in [-0.2, -0.15) is 5.26 Å². The summed E-state index contributed by atoms with van der Waals surface area (Å²) in [5.41, 5.74) is 2.46. The molecule has 0 aliphatic carbocycles. The van der Waals surface area contributed by atoms with Crippen LogP contribution in [0.3, 0.4) is 0 Å². The smallest absolute Gasteiger partial charge is 0.284 e. The van der Waals surface area contributed by atoms with Gasteiger partial charge in [-0.25, -0.2) is 0 Å². The molecule has 0 fully saturated rings. The van der Waals surface area contributed by atoms with Crippen molar-refractivity contribution in [1.82, 2.24) is 10.2 Å². The van der Waals surface area contributed by atoms with E-state index in [9.17, 15) is 4.79 Å². The second kappa shape index (κ2) is 7.73. The van der Waals surface area contributed by atoms with Gasteiger partial charge in [-0.1, -0.05) is 35.9 Å². The minimum absolute atomic E-state index is 0.0143. The van der Waals surface area contributed by atoms with E-state index in [2.05, 4.69) is 16.3 Å². The van der Waals surface area contributed by atoms with Crippen LogP contribution in [0, 0.1) is 11.3 Å². The maximum Gasteiger partial charge on any atom is 0.284 e. The number of halogens is 1. The monoisotopic (exact) mass is 351 g/mol. The van der Waals surface area contributed by atoms with Crippen molar-refractivity contribution < 1.29 is 9.21 Å². The Morgan fingerprint density at radius 3 is 2.68 bits per heavy atom. The maximum atomic E-state index is 12.2. The first kappa shape index (κ1) is 16.9. The van der Waals surface area contributed by atoms with E-state index in [1.807, 2.05) is 18.2 Å². The lowest BCUT2D eigenvalue weighted by Crippen LogP contribution is -2.01. The summed E-state index contributed by atoms with van der Waals surface area (Å²) in [6, 6.07) is 16.6. The number of aromatic nitrogens is 2. The zero-order chi connectivity index (χ0) is 17.6. The topological polar surface area (TPSA) is 79.8 Å². The number of carbonyl (C=O) groups excluding carboxylic acids is 1. The van der Waals surface area contributed by atoms with E-state index >= 15 is 0 Å². The van der Waals surface area contributed by atoms with Gasteiger partial charge in [-0.15, -0.1) is 10.2 Å². The Bertz CT molecular complexity index is 926. The first-order valence-electron chi connectivity index (χ1n) is 7.73. The zero-order valence-corrected chi connectivity index (χ0v) is 14.0. The number of hydrogen-bond acceptors (Lipinski definition) is 5. The van der Waals surface area contributed by atoms with Crippen LogP contribution < -0.4 is 0 Å². The lowest BCUT2D eigenvalue weighted by Gasteiger charge is -1.99. The van der Waals surface area contributed by atoms with Gasteiger partial charge in [-0.3, -0.25) is 4.79 Å². The van der Waals surface area contributed by atoms with Crippen LogP contribution in [0.15, 0.2) is 52.9 Å². The first-order chi connectivity index (χ1) is 12.1. The third kappa shape index (κ3) is 4.52. The van der Waals surface area contributed by atoms with Crippen LogP contribution >= 0.6 is 11.6 Å². The van der Waals surface area contributed by atoms with Crippen LogP contribution in [0.2, 0.25) is 5.02 Å². The van der Waals surface area contributed by atoms with Crippen molar-refractivity contribution in [3.05, 3.63) is 82.0 Å². The molecule has 25 heavy (non-hydrogen) atoms. The van der Waals surface area contributed by atoms with Gasteiger partial charge < -0.3 is 4.42 Å². The number of hydrogen-bond donors (Lipinski definition) is 0. The molecule has 0 unspecified atom stereocenters. The number of ketones is 1. The molecule has 5 nitrogen and oxygen atoms in total. The van der Waals surface area contributed by atoms with E-state index in [0.29, 0.717) is 29.3 Å². The van der Waals surface area contributed by atoms with E-state index in [1.165, 1.54) is 0 Å². The van der Waals surface area contributed by atoms with Gasteiger partial charge >= 0.3 is 0 Å². The highest BCUT2D eigenvalue weighted by Crippen LogP contribution is 2.14. The van der Waals surface area contributed by atoms with Gasteiger partial charge in [0, 0.05) is 11.4 Å². The molecule has 3 rings (SSSR count). The van der Waals surface area contributed by atoms with Crippen LogP contribution in [0.4, 0.5) is 0 Å². The number of benzene rings is 2. The quantitative estimate of drug-likeness (QED) is 0.627. The summed E-state index contributed by atoms with van der Waals surface area (Å²) in [5, 5.41) is 17.3. The van der Waals surface area contributed by atoms with Crippen molar-refractivity contribution >= 4 is 17.4 Å². The molecule has 6 heteroatoms. The third-order valence-corrected chi connectivity index (χ3v) is 3.92. The van der Waals surface area contributed by atoms with Crippen molar-refractivity contribution in [2.75, 3.05) is 0 Å². The Morgan fingerprint density at radius 1 is 1.12 bits per heavy atom. The summed E-state index contributed by atoms with van der Waals surface area (Å²) in [5.74, 6) is 0.171. The highest BCUT2D eigenvalue weighted by atomic mass is 35.5. The van der Waals surface area contributed by atoms with Crippen LogP contribution in [0.25, 0.3) is 0 Å². The SMILES string of the molecule is N#Cc1cccc(Cc2nnc(C(=O)CCc3ccc(Cl)cc3)o2)c1. The Morgan fingerprint density at radius 2 is 1.92 bits per heavy atom. The molecule has 0 radical (unpaired) electrons. The minimum Gasteiger partial charge on any atom is -0.418 e. The second-order valence-electron chi connectivity index (χ2n) is 5.54. The van der Waals surface area contributed by atoms with Crippen molar-refractivity contribution in [2.45, 2.75) is 19.3 Å². The Kier molecular flexibility index (Phi) is 5.22. The van der Waals surface area contributed by atoms with E-state index in [0.717, 1.165) is 11.1 Å². The molecule has 0 aliphatic rings. The van der Waals surface area contributed by atoms with Crippen LogP contribution in [0.5, 0.6) is 0 Å². The van der Waals surface area contributed by atoms with Gasteiger partial charge in [0.1, 0.15) is 0 Å². The number of carbonyl (C=O) groups is 1. The zero-order valence-electron chi connectivity index (χ0n) is 13.3. The Balaban J connectivity index is 1.61. The van der Waals surface area contributed by atoms with Crippen molar-refractivity contribution in [3.63, 3.8) is 0 Å². The molecule has 0 amide bonds. The molecule has 124 valence electrons. The van der Waals surface area contributed by atoms with Gasteiger partial charge in [0.05, 0.1) is 18.1 Å². The van der Waals surface area contributed by atoms with Gasteiger partial charge in [-0.05, 0) is 41.8 Å². The lowest BCUT2D eigenvalue weighted by molar-refractivity contribution is 0.0947. The predicted molar refractivity (Wildman–Crippen MR) is 92.4 cm³/mol. The summed E-state index contributed by atoms with van der Waals surface area (Å²) in [4.78, 5) is 12.2. The molecule has 0 saturated carbocycles. The van der Waals surface area contributed by atoms with Crippen LogP contribution in [0.1, 0.15) is 39.7 Å². The number of rotatable bonds is 6. The number of nitrogens with zero attached hydrogens (tertiary/aromatic N) is 3. The molecule has 0 N–H and O–H groups in total. The number of nitriles is 1. The first-order valence-corrected chi connectivity index (χ1v) is 8.11. The van der Waals surface area contributed by atoms with Crippen LogP contribution in [-0.4, -0.2) is 16.0 Å². The molecule has 0 atom stereocenters. The Hall–Kier alpha value is -2.97. The minimum atomic E-state index is -0.195. The van der Waals surface area contributed by atoms with E-state index in [4.69, 9.17) is 21.3 Å². The molecule has 1 aromatic heterocycles. The Labute approximate surface area is 149 Å². The van der Waals surface area contributed by atoms with Gasteiger partial charge in [0.15, 0.2) is 0 Å². The number of Topliss-reactive ketones (excluding diaryl/α,β-unsaturated/α-hetero) is 1. The fraction of sp³-hybridized carbons (Fsp3) is 0.158. The maximum absolute atomic E-state index is 12.2. The fourth-order valence-electron chi connectivity index (χ4n) is 2.38. The summed E-state index contributed by atoms with van der Waals surface area (Å²) in [6.45, 7) is 0. The lowest BCUT2D eigenvalue weighted by atomic mass is 10.1. The third-order valence-electron chi connectivity index (χ3n) is 3.67. The average molecular weight is 352 g/mol. The molecule has 3 aromatic rings. The van der Waals surface area contributed by atoms with E-state index < -0.39 is 0 Å². The second-order valence-corrected chi connectivity index (χ2v) is 5.98. The predicted octanol–water partition coefficient (Wildman–Crippen LogP) is 4.00. The molecule has 1 heterocycles. The molecule has 2 aromatic carbocycles. The average Bonchev–Trinajstić information content (AvgIpc) is 3.09. The van der Waals surface area contributed by atoms with Crippen molar-refractivity contribution in [3.8, 4) is 6.07 Å². The summed E-state index contributed by atoms with van der Waals surface area (Å²) >= 11 is 5.84. The highest BCUT2D eigenvalue weighted by molar-refractivity contribution is 6.30. The van der Waals surface area contributed by atoms with Crippen molar-refractivity contribution in [2.24, 2.45) is 0 Å². The molecule has 0 aliphatic heterocycles. The summed E-state index contributed by atoms with van der Waals surface area (Å²) in [6.07, 6.45) is 1.25. The van der Waals surface area contributed by atoms with Gasteiger partial charge in [0.25, 0.3) is 5.89 Å².